The van der Waals surface area contributed by atoms with E-state index in [1.807, 2.05) is 29.0 Å². The number of nitrogens with one attached hydrogen (secondary N) is 2. The van der Waals surface area contributed by atoms with Crippen LogP contribution in [0.1, 0.15) is 80.4 Å². The highest BCUT2D eigenvalue weighted by molar-refractivity contribution is 9.10. The third kappa shape index (κ3) is 28.9. The lowest BCUT2D eigenvalue weighted by molar-refractivity contribution is -0.138. The molecular weight excluding hydrogens is 1790 g/mol. The minimum atomic E-state index is -4.81. The van der Waals surface area contributed by atoms with Crippen molar-refractivity contribution in [3.8, 4) is 31.3 Å². The van der Waals surface area contributed by atoms with Gasteiger partial charge in [-0.05, 0) is 166 Å². The summed E-state index contributed by atoms with van der Waals surface area (Å²) in [5, 5.41) is 32.5. The zero-order valence-electron chi connectivity index (χ0n) is 55.6. The Morgan fingerprint density at radius 2 is 0.761 bits per heavy atom. The van der Waals surface area contributed by atoms with E-state index in [1.54, 1.807) is 94.9 Å². The van der Waals surface area contributed by atoms with E-state index in [-0.39, 0.29) is 49.8 Å². The van der Waals surface area contributed by atoms with Gasteiger partial charge in [0, 0.05) is 61.0 Å². The Kier molecular flexibility index (Phi) is 37.1. The van der Waals surface area contributed by atoms with Crippen molar-refractivity contribution in [2.75, 3.05) is 42.2 Å². The predicted octanol–water partition coefficient (Wildman–Crippen LogP) is 20.5. The molecule has 0 saturated heterocycles. The maximum atomic E-state index is 13.1. The molecular formula is C71H63BBrCl4F9N4O16S7. The quantitative estimate of drug-likeness (QED) is 0.0125. The van der Waals surface area contributed by atoms with Gasteiger partial charge in [0.15, 0.2) is 0 Å². The van der Waals surface area contributed by atoms with Crippen molar-refractivity contribution < 1.29 is 113 Å². The summed E-state index contributed by atoms with van der Waals surface area (Å²) >= 11 is 25.6. The normalized spacial score (nSPS) is 11.0. The maximum absolute atomic E-state index is 13.1. The average Bonchev–Trinajstić information content (AvgIpc) is 1.54. The molecule has 20 nitrogen and oxygen atoms in total. The van der Waals surface area contributed by atoms with Gasteiger partial charge in [-0.15, -0.1) is 34.0 Å². The molecule has 4 heterocycles. The highest BCUT2D eigenvalue weighted by Gasteiger charge is 2.36. The SMILES string of the molecule is C.C.C.COC(=O)c1ccc(-c2cccs2)cc1N.COC(=O)c1ccc(-c2cccs2)cc1NS(=O)(=O)c1cc(Cl)cc(C(F)(F)F)c1.COC(=O)c1ccc(Br)cc1N.O=C(O)c1ccc(-c2cccs2)cc1NS(=O)(=O)c1cc(Cl)cc(C(F)(F)F)c1.O=S(=O)(Cl)c1cc(Cl)cc(C(F)(F)F)c1.OB(O)c1cccs1. The number of hydrogen-bond acceptors (Lipinski definition) is 21. The minimum absolute atomic E-state index is 0. The van der Waals surface area contributed by atoms with Crippen LogP contribution in [0.3, 0.4) is 0 Å². The zero-order chi connectivity index (χ0) is 82.0. The Labute approximate surface area is 687 Å². The van der Waals surface area contributed by atoms with Crippen molar-refractivity contribution in [3.63, 3.8) is 0 Å². The smallest absolute Gasteiger partial charge is 0.478 e. The molecule has 0 saturated carbocycles. The van der Waals surface area contributed by atoms with Gasteiger partial charge in [0.2, 0.25) is 0 Å². The molecule has 0 bridgehead atoms. The number of carbonyl (C=O) groups excluding carboxylic acids is 3. The van der Waals surface area contributed by atoms with Crippen LogP contribution in [0, 0.1) is 0 Å². The summed E-state index contributed by atoms with van der Waals surface area (Å²) in [6, 6.07) is 39.1. The summed E-state index contributed by atoms with van der Waals surface area (Å²) in [5.41, 5.74) is 10.7. The van der Waals surface area contributed by atoms with Crippen molar-refractivity contribution in [2.24, 2.45) is 0 Å². The number of sulfonamides is 2. The van der Waals surface area contributed by atoms with Crippen molar-refractivity contribution in [1.82, 2.24) is 0 Å². The van der Waals surface area contributed by atoms with Crippen molar-refractivity contribution in [1.29, 1.82) is 0 Å². The molecule has 0 aliphatic heterocycles. The molecule has 0 fully saturated rings. The van der Waals surface area contributed by atoms with Crippen molar-refractivity contribution in [3.05, 3.63) is 256 Å². The fourth-order valence-corrected chi connectivity index (χ4v) is 15.8. The summed E-state index contributed by atoms with van der Waals surface area (Å²) < 4.78 is 207. The van der Waals surface area contributed by atoms with Gasteiger partial charge >= 0.3 is 49.5 Å². The van der Waals surface area contributed by atoms with Gasteiger partial charge in [-0.2, -0.15) is 50.9 Å². The van der Waals surface area contributed by atoms with Crippen LogP contribution in [-0.4, -0.2) is 92.7 Å². The molecule has 113 heavy (non-hydrogen) atoms. The zero-order valence-corrected chi connectivity index (χ0v) is 65.9. The number of benzene rings is 7. The molecule has 42 heteroatoms. The second kappa shape index (κ2) is 42.6. The number of ether oxygens (including phenoxy) is 3. The molecule has 0 atom stereocenters. The number of carboxylic acid groups (broad SMARTS) is 1. The largest absolute Gasteiger partial charge is 0.499 e. The Hall–Kier alpha value is -8.74. The van der Waals surface area contributed by atoms with E-state index >= 15 is 0 Å². The van der Waals surface area contributed by atoms with E-state index in [4.69, 9.17) is 67.0 Å². The van der Waals surface area contributed by atoms with E-state index in [0.717, 1.165) is 50.0 Å². The fraction of sp³-hybridized carbons (Fsp3) is 0.127. The molecule has 11 rings (SSSR count). The first kappa shape index (κ1) is 98.5. The number of nitrogens with two attached hydrogens (primary N) is 2. The molecule has 11 aromatic rings. The van der Waals surface area contributed by atoms with Crippen LogP contribution >= 0.6 is 107 Å². The van der Waals surface area contributed by atoms with Gasteiger partial charge in [-0.1, -0.05) is 122 Å². The third-order valence-corrected chi connectivity index (χ3v) is 22.6. The number of rotatable bonds is 15. The Morgan fingerprint density at radius 3 is 1.07 bits per heavy atom. The van der Waals surface area contributed by atoms with Gasteiger partial charge in [0.05, 0.1) is 86.3 Å². The number of anilines is 4. The Bertz CT molecular complexity index is 5430. The summed E-state index contributed by atoms with van der Waals surface area (Å²) in [6.45, 7) is 0. The van der Waals surface area contributed by atoms with Crippen molar-refractivity contribution >= 4 is 194 Å². The van der Waals surface area contributed by atoms with E-state index in [1.165, 1.54) is 78.6 Å². The number of methoxy groups -OCH3 is 3. The van der Waals surface area contributed by atoms with E-state index in [0.29, 0.717) is 74.8 Å². The summed E-state index contributed by atoms with van der Waals surface area (Å²) in [4.78, 5) is 46.5. The predicted molar refractivity (Wildman–Crippen MR) is 432 cm³/mol. The number of halogens is 14. The number of carboxylic acids is 1. The van der Waals surface area contributed by atoms with Crippen LogP contribution in [-0.2, 0) is 61.8 Å². The average molecular weight is 1860 g/mol. The summed E-state index contributed by atoms with van der Waals surface area (Å²) in [6.07, 6.45) is -14.3. The number of aromatic carboxylic acids is 1. The van der Waals surface area contributed by atoms with Crippen LogP contribution in [0.2, 0.25) is 15.1 Å². The lowest BCUT2D eigenvalue weighted by Gasteiger charge is -2.15. The first-order chi connectivity index (χ1) is 51.3. The molecule has 606 valence electrons. The van der Waals surface area contributed by atoms with Gasteiger partial charge in [0.1, 0.15) is 0 Å². The first-order valence-corrected chi connectivity index (χ1v) is 40.3. The number of nitrogen functional groups attached to an aromatic ring is 2. The van der Waals surface area contributed by atoms with Gasteiger partial charge in [-0.25, -0.2) is 44.4 Å². The second-order valence-electron chi connectivity index (χ2n) is 21.3. The van der Waals surface area contributed by atoms with Crippen LogP contribution in [0.25, 0.3) is 31.3 Å². The number of hydrogen-bond donors (Lipinski definition) is 7. The number of thiophene rings is 4. The van der Waals surface area contributed by atoms with Crippen LogP contribution in [0.5, 0.6) is 0 Å². The molecule has 0 spiro atoms. The first-order valence-electron chi connectivity index (χ1n) is 29.6. The van der Waals surface area contributed by atoms with Gasteiger partial charge in [0.25, 0.3) is 29.1 Å². The van der Waals surface area contributed by atoms with Crippen molar-refractivity contribution in [2.45, 2.75) is 55.5 Å². The molecule has 0 radical (unpaired) electrons. The van der Waals surface area contributed by atoms with Crippen LogP contribution < -0.4 is 25.7 Å². The molecule has 0 amide bonds. The van der Waals surface area contributed by atoms with Crippen LogP contribution in [0.4, 0.5) is 62.3 Å². The highest BCUT2D eigenvalue weighted by atomic mass is 79.9. The number of alkyl halides is 9. The highest BCUT2D eigenvalue weighted by Crippen LogP contribution is 2.39. The van der Waals surface area contributed by atoms with Crippen LogP contribution in [0.15, 0.2) is 217 Å². The molecule has 9 N–H and O–H groups in total. The molecule has 4 aromatic heterocycles. The molecule has 0 unspecified atom stereocenters. The number of esters is 3. The molecule has 0 aliphatic carbocycles. The van der Waals surface area contributed by atoms with E-state index < -0.39 is 120 Å². The lowest BCUT2D eigenvalue weighted by atomic mass is 9.90. The summed E-state index contributed by atoms with van der Waals surface area (Å²) in [5.74, 6) is -3.04. The second-order valence-corrected chi connectivity index (χ2v) is 33.3. The number of carbonyl (C=O) groups is 4. The minimum Gasteiger partial charge on any atom is -0.478 e. The van der Waals surface area contributed by atoms with Gasteiger partial charge < -0.3 is 40.8 Å². The summed E-state index contributed by atoms with van der Waals surface area (Å²) in [7, 11) is -5.89. The Balaban J connectivity index is 0.000000367. The molecule has 7 aromatic carbocycles. The Morgan fingerprint density at radius 1 is 0.442 bits per heavy atom. The maximum Gasteiger partial charge on any atom is 0.499 e. The van der Waals surface area contributed by atoms with E-state index in [9.17, 15) is 89.1 Å². The molecule has 0 aliphatic rings. The third-order valence-electron chi connectivity index (χ3n) is 13.8. The van der Waals surface area contributed by atoms with Gasteiger partial charge in [-0.3, -0.25) is 9.44 Å². The standard InChI is InChI=1S/C19H13ClF3NO4S2.C18H11ClF3NO4S2.C12H11NO2S.C8H8BrNO2.C7H3Cl2F3O2S.C4H5BO2S.3CH4/c1-28-18(25)15-5-4-11(17-3-2-6-29-17)7-16(15)24-30(26,27)14-9-12(19(21,22)23)8-13(20)10-14;19-12-7-11(18(20,21)22)8-13(9-12)29(26,27)23-15-6-10(16-2-1-5-28-16)3-4-14(15)17(24)25;1-15-12(14)9-5-4-8(7-10(9)13)11-3-2-6-16-11;1-12-8(11)6-3-2-5(9)4-7(6)10;8-5-1-4(7(10,11)12)2-6(3-5)15(9,13)14;6-5(7)4-2-1-3-8-4;;;/h2-10,24H,1H3;1-9,23H,(H,24,25);2-7H,13H2,1H3;2-4H,10H2,1H3;1-3H;1-3,6-7H;3*1H4. The monoisotopic (exact) mass is 1850 g/mol. The topological polar surface area (TPSA) is 335 Å². The fourth-order valence-electron chi connectivity index (χ4n) is 8.68. The van der Waals surface area contributed by atoms with E-state index in [2.05, 4.69) is 39.6 Å². The lowest BCUT2D eigenvalue weighted by Crippen LogP contribution is -2.26.